The number of rotatable bonds is 2. The van der Waals surface area contributed by atoms with Gasteiger partial charge in [-0.2, -0.15) is 0 Å². The first-order chi connectivity index (χ1) is 9.24. The number of aryl methyl sites for hydroxylation is 2. The molecule has 1 aliphatic heterocycles. The van der Waals surface area contributed by atoms with E-state index in [1.54, 1.807) is 0 Å². The number of thiophene rings is 1. The Bertz CT molecular complexity index is 602. The van der Waals surface area contributed by atoms with E-state index in [-0.39, 0.29) is 0 Å². The maximum Gasteiger partial charge on any atom is 0.150 e. The smallest absolute Gasteiger partial charge is 0.150 e. The zero-order chi connectivity index (χ0) is 13.2. The third-order valence-electron chi connectivity index (χ3n) is 3.40. The second-order valence-electron chi connectivity index (χ2n) is 4.82. The molecular formula is C15H17N3S. The third kappa shape index (κ3) is 2.54. The lowest BCUT2D eigenvalue weighted by molar-refractivity contribution is 0.802. The molecule has 4 heteroatoms. The van der Waals surface area contributed by atoms with Crippen LogP contribution in [0.15, 0.2) is 29.8 Å². The Morgan fingerprint density at radius 1 is 1.32 bits per heavy atom. The van der Waals surface area contributed by atoms with Gasteiger partial charge in [0.25, 0.3) is 0 Å². The summed E-state index contributed by atoms with van der Waals surface area (Å²) in [6, 6.07) is 4.31. The van der Waals surface area contributed by atoms with Gasteiger partial charge in [-0.3, -0.25) is 4.98 Å². The summed E-state index contributed by atoms with van der Waals surface area (Å²) >= 11 is 1.82. The summed E-state index contributed by atoms with van der Waals surface area (Å²) in [6.45, 7) is 5.96. The highest BCUT2D eigenvalue weighted by Crippen LogP contribution is 2.28. The number of anilines is 1. The molecule has 2 aromatic rings. The highest BCUT2D eigenvalue weighted by Gasteiger charge is 2.17. The van der Waals surface area contributed by atoms with Gasteiger partial charge in [-0.1, -0.05) is 12.1 Å². The summed E-state index contributed by atoms with van der Waals surface area (Å²) < 4.78 is 0. The van der Waals surface area contributed by atoms with Gasteiger partial charge >= 0.3 is 0 Å². The Kier molecular flexibility index (Phi) is 3.34. The van der Waals surface area contributed by atoms with Gasteiger partial charge in [0, 0.05) is 24.2 Å². The average Bonchev–Trinajstić information content (AvgIpc) is 2.96. The van der Waals surface area contributed by atoms with Crippen molar-refractivity contribution in [3.63, 3.8) is 0 Å². The Labute approximate surface area is 117 Å². The zero-order valence-corrected chi connectivity index (χ0v) is 12.1. The van der Waals surface area contributed by atoms with E-state index in [1.807, 2.05) is 31.4 Å². The van der Waals surface area contributed by atoms with Crippen LogP contribution in [0.3, 0.4) is 0 Å². The molecule has 0 aromatic carbocycles. The molecule has 19 heavy (non-hydrogen) atoms. The standard InChI is InChI=1S/C15H17N3S/c1-11-10-16-12(2)15(17-11)18-7-5-13(6-8-18)14-4-3-9-19-14/h3-5,9-10H,6-8H2,1-2H3. The lowest BCUT2D eigenvalue weighted by atomic mass is 10.1. The van der Waals surface area contributed by atoms with Crippen molar-refractivity contribution in [2.45, 2.75) is 20.3 Å². The summed E-state index contributed by atoms with van der Waals surface area (Å²) in [5, 5.41) is 2.14. The van der Waals surface area contributed by atoms with E-state index in [0.717, 1.165) is 36.7 Å². The number of aromatic nitrogens is 2. The van der Waals surface area contributed by atoms with Crippen LogP contribution in [-0.2, 0) is 0 Å². The monoisotopic (exact) mass is 271 g/mol. The van der Waals surface area contributed by atoms with E-state index in [2.05, 4.69) is 38.5 Å². The first-order valence-corrected chi connectivity index (χ1v) is 7.40. The van der Waals surface area contributed by atoms with Crippen molar-refractivity contribution in [3.8, 4) is 0 Å². The van der Waals surface area contributed by atoms with Crippen molar-refractivity contribution >= 4 is 22.7 Å². The van der Waals surface area contributed by atoms with Crippen LogP contribution in [0.4, 0.5) is 5.82 Å². The van der Waals surface area contributed by atoms with Crippen LogP contribution in [0, 0.1) is 13.8 Å². The predicted molar refractivity (Wildman–Crippen MR) is 80.6 cm³/mol. The minimum Gasteiger partial charge on any atom is -0.351 e. The molecule has 0 amide bonds. The van der Waals surface area contributed by atoms with Crippen LogP contribution < -0.4 is 4.90 Å². The Morgan fingerprint density at radius 2 is 2.21 bits per heavy atom. The normalized spacial score (nSPS) is 15.5. The fourth-order valence-electron chi connectivity index (χ4n) is 2.37. The minimum atomic E-state index is 0.923. The summed E-state index contributed by atoms with van der Waals surface area (Å²) in [7, 11) is 0. The van der Waals surface area contributed by atoms with Crippen LogP contribution in [-0.4, -0.2) is 23.1 Å². The molecule has 0 radical (unpaired) electrons. The fourth-order valence-corrected chi connectivity index (χ4v) is 3.17. The van der Waals surface area contributed by atoms with Gasteiger partial charge in [-0.25, -0.2) is 4.98 Å². The van der Waals surface area contributed by atoms with Crippen molar-refractivity contribution < 1.29 is 0 Å². The average molecular weight is 271 g/mol. The molecule has 0 spiro atoms. The molecule has 98 valence electrons. The first-order valence-electron chi connectivity index (χ1n) is 6.52. The molecule has 0 bridgehead atoms. The molecule has 3 nitrogen and oxygen atoms in total. The predicted octanol–water partition coefficient (Wildman–Crippen LogP) is 3.45. The van der Waals surface area contributed by atoms with E-state index < -0.39 is 0 Å². The molecule has 0 fully saturated rings. The highest BCUT2D eigenvalue weighted by molar-refractivity contribution is 7.11. The molecular weight excluding hydrogens is 254 g/mol. The lowest BCUT2D eigenvalue weighted by Crippen LogP contribution is -2.30. The van der Waals surface area contributed by atoms with Crippen molar-refractivity contribution in [2.75, 3.05) is 18.0 Å². The van der Waals surface area contributed by atoms with Gasteiger partial charge in [-0.05, 0) is 37.3 Å². The molecule has 2 aromatic heterocycles. The Morgan fingerprint density at radius 3 is 2.89 bits per heavy atom. The highest BCUT2D eigenvalue weighted by atomic mass is 32.1. The fraction of sp³-hybridized carbons (Fsp3) is 0.333. The lowest BCUT2D eigenvalue weighted by Gasteiger charge is -2.28. The van der Waals surface area contributed by atoms with Crippen LogP contribution >= 0.6 is 11.3 Å². The Hall–Kier alpha value is -1.68. The van der Waals surface area contributed by atoms with E-state index in [9.17, 15) is 0 Å². The minimum absolute atomic E-state index is 0.923. The summed E-state index contributed by atoms with van der Waals surface area (Å²) in [5.74, 6) is 1.03. The van der Waals surface area contributed by atoms with Crippen molar-refractivity contribution in [2.24, 2.45) is 0 Å². The summed E-state index contributed by atoms with van der Waals surface area (Å²) in [6.07, 6.45) is 5.23. The van der Waals surface area contributed by atoms with Crippen molar-refractivity contribution in [3.05, 3.63) is 46.1 Å². The van der Waals surface area contributed by atoms with Gasteiger partial charge in [0.2, 0.25) is 0 Å². The molecule has 1 aliphatic rings. The molecule has 0 aliphatic carbocycles. The summed E-state index contributed by atoms with van der Waals surface area (Å²) in [5.41, 5.74) is 3.46. The van der Waals surface area contributed by atoms with Crippen LogP contribution in [0.2, 0.25) is 0 Å². The van der Waals surface area contributed by atoms with Gasteiger partial charge < -0.3 is 4.90 Å². The van der Waals surface area contributed by atoms with Crippen LogP contribution in [0.5, 0.6) is 0 Å². The van der Waals surface area contributed by atoms with Crippen LogP contribution in [0.1, 0.15) is 22.7 Å². The number of nitrogens with zero attached hydrogens (tertiary/aromatic N) is 3. The molecule has 0 atom stereocenters. The van der Waals surface area contributed by atoms with Crippen LogP contribution in [0.25, 0.3) is 5.57 Å². The summed E-state index contributed by atoms with van der Waals surface area (Å²) in [4.78, 5) is 12.7. The molecule has 0 saturated heterocycles. The third-order valence-corrected chi connectivity index (χ3v) is 4.34. The number of hydrogen-bond acceptors (Lipinski definition) is 4. The zero-order valence-electron chi connectivity index (χ0n) is 11.3. The molecule has 0 saturated carbocycles. The maximum atomic E-state index is 4.62. The van der Waals surface area contributed by atoms with E-state index in [4.69, 9.17) is 0 Å². The van der Waals surface area contributed by atoms with Gasteiger partial charge in [0.15, 0.2) is 5.82 Å². The van der Waals surface area contributed by atoms with Gasteiger partial charge in [0.1, 0.15) is 0 Å². The number of hydrogen-bond donors (Lipinski definition) is 0. The van der Waals surface area contributed by atoms with Gasteiger partial charge in [-0.15, -0.1) is 11.3 Å². The SMILES string of the molecule is Cc1cnc(C)c(N2CC=C(c3cccs3)CC2)n1. The first kappa shape index (κ1) is 12.4. The van der Waals surface area contributed by atoms with Crippen molar-refractivity contribution in [1.29, 1.82) is 0 Å². The maximum absolute atomic E-state index is 4.62. The Balaban J connectivity index is 1.81. The second-order valence-corrected chi connectivity index (χ2v) is 5.77. The largest absolute Gasteiger partial charge is 0.351 e. The van der Waals surface area contributed by atoms with Gasteiger partial charge in [0.05, 0.1) is 11.4 Å². The molecule has 0 unspecified atom stereocenters. The molecule has 3 rings (SSSR count). The van der Waals surface area contributed by atoms with Crippen molar-refractivity contribution in [1.82, 2.24) is 9.97 Å². The topological polar surface area (TPSA) is 29.0 Å². The van der Waals surface area contributed by atoms with E-state index >= 15 is 0 Å². The molecule has 3 heterocycles. The second kappa shape index (κ2) is 5.13. The van der Waals surface area contributed by atoms with E-state index in [0.29, 0.717) is 0 Å². The van der Waals surface area contributed by atoms with E-state index in [1.165, 1.54) is 10.5 Å². The molecule has 0 N–H and O–H groups in total. The quantitative estimate of drug-likeness (QED) is 0.837.